The van der Waals surface area contributed by atoms with E-state index in [0.717, 1.165) is 17.4 Å². The van der Waals surface area contributed by atoms with Gasteiger partial charge < -0.3 is 4.74 Å². The largest absolute Gasteiger partial charge is 0.496 e. The van der Waals surface area contributed by atoms with Crippen molar-refractivity contribution in [2.24, 2.45) is 0 Å². The van der Waals surface area contributed by atoms with Crippen molar-refractivity contribution in [1.29, 1.82) is 0 Å². The van der Waals surface area contributed by atoms with Crippen LogP contribution in [-0.4, -0.2) is 19.1 Å². The lowest BCUT2D eigenvalue weighted by molar-refractivity contribution is -0.137. The summed E-state index contributed by atoms with van der Waals surface area (Å²) in [5.74, 6) is 0.776. The van der Waals surface area contributed by atoms with Crippen LogP contribution in [0, 0.1) is 0 Å². The highest BCUT2D eigenvalue weighted by molar-refractivity contribution is 5.33. The second kappa shape index (κ2) is 6.83. The summed E-state index contributed by atoms with van der Waals surface area (Å²) in [6, 6.07) is 13.0. The molecule has 0 unspecified atom stereocenters. The van der Waals surface area contributed by atoms with Gasteiger partial charge in [0.15, 0.2) is 0 Å². The van der Waals surface area contributed by atoms with Crippen molar-refractivity contribution in [1.82, 2.24) is 4.90 Å². The molecule has 0 saturated carbocycles. The molecule has 0 aliphatic carbocycles. The Bertz CT molecular complexity index is 625. The first-order valence-electron chi connectivity index (χ1n) is 6.86. The first-order chi connectivity index (χ1) is 10.4. The Labute approximate surface area is 128 Å². The van der Waals surface area contributed by atoms with Crippen molar-refractivity contribution in [3.63, 3.8) is 0 Å². The maximum Gasteiger partial charge on any atom is 0.416 e. The van der Waals surface area contributed by atoms with Crippen molar-refractivity contribution in [2.45, 2.75) is 19.3 Å². The summed E-state index contributed by atoms with van der Waals surface area (Å²) in [5, 5.41) is 0. The number of halogens is 3. The van der Waals surface area contributed by atoms with Gasteiger partial charge in [-0.15, -0.1) is 0 Å². The summed E-state index contributed by atoms with van der Waals surface area (Å²) in [6.45, 7) is 1.03. The van der Waals surface area contributed by atoms with Crippen LogP contribution in [0.15, 0.2) is 48.5 Å². The van der Waals surface area contributed by atoms with Gasteiger partial charge in [0.25, 0.3) is 0 Å². The van der Waals surface area contributed by atoms with Crippen molar-refractivity contribution in [3.8, 4) is 5.75 Å². The summed E-state index contributed by atoms with van der Waals surface area (Å²) in [7, 11) is 3.47. The first-order valence-corrected chi connectivity index (χ1v) is 6.86. The highest BCUT2D eigenvalue weighted by atomic mass is 19.4. The second-order valence-corrected chi connectivity index (χ2v) is 5.18. The number of methoxy groups -OCH3 is 1. The zero-order chi connectivity index (χ0) is 16.2. The normalized spacial score (nSPS) is 11.7. The summed E-state index contributed by atoms with van der Waals surface area (Å²) in [6.07, 6.45) is -4.31. The molecule has 0 bridgehead atoms. The number of ether oxygens (including phenoxy) is 1. The van der Waals surface area contributed by atoms with Crippen LogP contribution in [0.2, 0.25) is 0 Å². The molecule has 2 aromatic carbocycles. The van der Waals surface area contributed by atoms with E-state index in [1.807, 2.05) is 36.2 Å². The van der Waals surface area contributed by atoms with Gasteiger partial charge in [0.05, 0.1) is 12.7 Å². The number of benzene rings is 2. The van der Waals surface area contributed by atoms with E-state index in [1.54, 1.807) is 13.2 Å². The maximum atomic E-state index is 12.7. The highest BCUT2D eigenvalue weighted by Gasteiger charge is 2.30. The number of hydrogen-bond donors (Lipinski definition) is 0. The predicted molar refractivity (Wildman–Crippen MR) is 79.6 cm³/mol. The quantitative estimate of drug-likeness (QED) is 0.814. The minimum Gasteiger partial charge on any atom is -0.496 e. The molecular formula is C17H18F3NO. The number of hydrogen-bond acceptors (Lipinski definition) is 2. The predicted octanol–water partition coefficient (Wildman–Crippen LogP) is 4.35. The van der Waals surface area contributed by atoms with E-state index >= 15 is 0 Å². The molecular weight excluding hydrogens is 291 g/mol. The minimum absolute atomic E-state index is 0.433. The molecule has 0 aromatic heterocycles. The molecule has 0 aliphatic heterocycles. The van der Waals surface area contributed by atoms with Crippen LogP contribution >= 0.6 is 0 Å². The monoisotopic (exact) mass is 309 g/mol. The van der Waals surface area contributed by atoms with E-state index < -0.39 is 11.7 Å². The van der Waals surface area contributed by atoms with E-state index in [2.05, 4.69) is 0 Å². The van der Waals surface area contributed by atoms with Crippen LogP contribution in [0.1, 0.15) is 16.7 Å². The molecule has 0 spiro atoms. The summed E-state index contributed by atoms with van der Waals surface area (Å²) >= 11 is 0. The molecule has 0 atom stereocenters. The van der Waals surface area contributed by atoms with Crippen LogP contribution in [0.25, 0.3) is 0 Å². The number of para-hydroxylation sites is 1. The van der Waals surface area contributed by atoms with Crippen molar-refractivity contribution < 1.29 is 17.9 Å². The number of rotatable bonds is 5. The molecule has 0 fully saturated rings. The standard InChI is InChI=1S/C17H18F3NO/c1-21(12-14-7-3-4-9-16(14)22-2)11-13-6-5-8-15(10-13)17(18,19)20/h3-10H,11-12H2,1-2H3. The third-order valence-electron chi connectivity index (χ3n) is 3.34. The fraction of sp³-hybridized carbons (Fsp3) is 0.294. The van der Waals surface area contributed by atoms with Crippen molar-refractivity contribution >= 4 is 0 Å². The molecule has 22 heavy (non-hydrogen) atoms. The average Bonchev–Trinajstić information content (AvgIpc) is 2.47. The lowest BCUT2D eigenvalue weighted by Crippen LogP contribution is -2.18. The Hall–Kier alpha value is -2.01. The molecule has 0 saturated heterocycles. The lowest BCUT2D eigenvalue weighted by Gasteiger charge is -2.19. The van der Waals surface area contributed by atoms with Crippen LogP contribution < -0.4 is 4.74 Å². The van der Waals surface area contributed by atoms with Gasteiger partial charge in [-0.25, -0.2) is 0 Å². The van der Waals surface area contributed by atoms with Crippen LogP contribution in [0.4, 0.5) is 13.2 Å². The average molecular weight is 309 g/mol. The van der Waals surface area contributed by atoms with Gasteiger partial charge in [0, 0.05) is 18.7 Å². The van der Waals surface area contributed by atoms with E-state index in [9.17, 15) is 13.2 Å². The Kier molecular flexibility index (Phi) is 5.08. The Morgan fingerprint density at radius 1 is 1.00 bits per heavy atom. The van der Waals surface area contributed by atoms with Crippen LogP contribution in [0.3, 0.4) is 0 Å². The van der Waals surface area contributed by atoms with Gasteiger partial charge in [-0.3, -0.25) is 4.90 Å². The molecule has 2 aromatic rings. The SMILES string of the molecule is COc1ccccc1CN(C)Cc1cccc(C(F)(F)F)c1. The summed E-state index contributed by atoms with van der Waals surface area (Å²) in [4.78, 5) is 1.95. The van der Waals surface area contributed by atoms with Gasteiger partial charge in [0.1, 0.15) is 5.75 Å². The summed E-state index contributed by atoms with van der Waals surface area (Å²) in [5.41, 5.74) is 1.02. The molecule has 2 rings (SSSR count). The van der Waals surface area contributed by atoms with Gasteiger partial charge in [-0.1, -0.05) is 36.4 Å². The molecule has 0 N–H and O–H groups in total. The van der Waals surface area contributed by atoms with Gasteiger partial charge in [-0.05, 0) is 24.7 Å². The van der Waals surface area contributed by atoms with E-state index in [1.165, 1.54) is 12.1 Å². The minimum atomic E-state index is -4.31. The molecule has 5 heteroatoms. The fourth-order valence-electron chi connectivity index (χ4n) is 2.34. The topological polar surface area (TPSA) is 12.5 Å². The fourth-order valence-corrected chi connectivity index (χ4v) is 2.34. The highest BCUT2D eigenvalue weighted by Crippen LogP contribution is 2.29. The molecule has 0 heterocycles. The lowest BCUT2D eigenvalue weighted by atomic mass is 10.1. The van der Waals surface area contributed by atoms with Gasteiger partial charge in [0.2, 0.25) is 0 Å². The van der Waals surface area contributed by atoms with E-state index in [-0.39, 0.29) is 0 Å². The van der Waals surface area contributed by atoms with Gasteiger partial charge >= 0.3 is 6.18 Å². The third-order valence-corrected chi connectivity index (χ3v) is 3.34. The smallest absolute Gasteiger partial charge is 0.416 e. The Balaban J connectivity index is 2.08. The molecule has 0 aliphatic rings. The van der Waals surface area contributed by atoms with E-state index in [4.69, 9.17) is 4.74 Å². The zero-order valence-electron chi connectivity index (χ0n) is 12.5. The zero-order valence-corrected chi connectivity index (χ0v) is 12.5. The van der Waals surface area contributed by atoms with Crippen molar-refractivity contribution in [2.75, 3.05) is 14.2 Å². The van der Waals surface area contributed by atoms with Crippen LogP contribution in [0.5, 0.6) is 5.75 Å². The van der Waals surface area contributed by atoms with Crippen molar-refractivity contribution in [3.05, 3.63) is 65.2 Å². The number of alkyl halides is 3. The first kappa shape index (κ1) is 16.4. The third kappa shape index (κ3) is 4.24. The van der Waals surface area contributed by atoms with Crippen LogP contribution in [-0.2, 0) is 19.3 Å². The second-order valence-electron chi connectivity index (χ2n) is 5.18. The Morgan fingerprint density at radius 2 is 1.73 bits per heavy atom. The Morgan fingerprint density at radius 3 is 2.41 bits per heavy atom. The molecule has 118 valence electrons. The van der Waals surface area contributed by atoms with Gasteiger partial charge in [-0.2, -0.15) is 13.2 Å². The maximum absolute atomic E-state index is 12.7. The molecule has 0 amide bonds. The molecule has 0 radical (unpaired) electrons. The van der Waals surface area contributed by atoms with E-state index in [0.29, 0.717) is 18.7 Å². The summed E-state index contributed by atoms with van der Waals surface area (Å²) < 4.78 is 43.4. The number of nitrogens with zero attached hydrogens (tertiary/aromatic N) is 1. The molecule has 2 nitrogen and oxygen atoms in total.